The Balaban J connectivity index is 1.66. The third-order valence-corrected chi connectivity index (χ3v) is 6.86. The second-order valence-electron chi connectivity index (χ2n) is 8.61. The lowest BCUT2D eigenvalue weighted by atomic mass is 9.96. The Kier molecular flexibility index (Phi) is 6.19. The second-order valence-corrected chi connectivity index (χ2v) is 9.00. The van der Waals surface area contributed by atoms with Gasteiger partial charge in [0.15, 0.2) is 5.11 Å². The van der Waals surface area contributed by atoms with Crippen molar-refractivity contribution in [1.82, 2.24) is 19.8 Å². The Morgan fingerprint density at radius 1 is 1.19 bits per heavy atom. The van der Waals surface area contributed by atoms with Gasteiger partial charge in [0.25, 0.3) is 5.69 Å². The summed E-state index contributed by atoms with van der Waals surface area (Å²) in [6.07, 6.45) is 3.41. The summed E-state index contributed by atoms with van der Waals surface area (Å²) in [5, 5.41) is 15.6. The number of rotatable bonds is 7. The highest BCUT2D eigenvalue weighted by Crippen LogP contribution is 2.43. The predicted octanol–water partition coefficient (Wildman–Crippen LogP) is 5.17. The molecule has 4 heterocycles. The van der Waals surface area contributed by atoms with E-state index >= 15 is 0 Å². The molecule has 36 heavy (non-hydrogen) atoms. The van der Waals surface area contributed by atoms with E-state index in [1.54, 1.807) is 25.6 Å². The zero-order chi connectivity index (χ0) is 25.4. The second kappa shape index (κ2) is 9.46. The molecule has 10 heteroatoms. The van der Waals surface area contributed by atoms with Crippen molar-refractivity contribution in [2.24, 2.45) is 0 Å². The molecule has 5 rings (SSSR count). The van der Waals surface area contributed by atoms with Gasteiger partial charge in [-0.2, -0.15) is 0 Å². The third-order valence-electron chi connectivity index (χ3n) is 6.51. The van der Waals surface area contributed by atoms with Crippen LogP contribution in [0.25, 0.3) is 5.69 Å². The summed E-state index contributed by atoms with van der Waals surface area (Å²) in [5.41, 5.74) is 4.33. The van der Waals surface area contributed by atoms with Crippen LogP contribution in [0.5, 0.6) is 5.75 Å². The molecular formula is C26H25N5O4S. The number of nitro groups is 1. The van der Waals surface area contributed by atoms with Crippen LogP contribution < -0.4 is 10.1 Å². The van der Waals surface area contributed by atoms with Crippen molar-refractivity contribution in [2.45, 2.75) is 32.5 Å². The first-order chi connectivity index (χ1) is 17.4. The van der Waals surface area contributed by atoms with Crippen LogP contribution in [0, 0.1) is 24.0 Å². The Hall–Kier alpha value is -4.18. The molecule has 1 aliphatic rings. The quantitative estimate of drug-likeness (QED) is 0.209. The van der Waals surface area contributed by atoms with Gasteiger partial charge < -0.3 is 23.9 Å². The Morgan fingerprint density at radius 2 is 2.03 bits per heavy atom. The number of benzene rings is 1. The molecule has 1 aliphatic heterocycles. The number of ether oxygens (including phenoxy) is 1. The average molecular weight is 504 g/mol. The van der Waals surface area contributed by atoms with Gasteiger partial charge in [0.05, 0.1) is 48.3 Å². The van der Waals surface area contributed by atoms with Gasteiger partial charge in [-0.15, -0.1) is 0 Å². The van der Waals surface area contributed by atoms with Crippen LogP contribution in [-0.2, 0) is 6.54 Å². The van der Waals surface area contributed by atoms with Gasteiger partial charge in [-0.1, -0.05) is 6.07 Å². The van der Waals surface area contributed by atoms with Crippen molar-refractivity contribution < 1.29 is 14.1 Å². The molecule has 2 atom stereocenters. The van der Waals surface area contributed by atoms with Gasteiger partial charge in [-0.25, -0.2) is 0 Å². The molecule has 0 radical (unpaired) electrons. The number of non-ortho nitro benzene ring substituents is 1. The fraction of sp³-hybridized carbons (Fsp3) is 0.231. The lowest BCUT2D eigenvalue weighted by Crippen LogP contribution is -2.29. The molecular weight excluding hydrogens is 478 g/mol. The first-order valence-corrected chi connectivity index (χ1v) is 11.8. The van der Waals surface area contributed by atoms with E-state index in [1.165, 1.54) is 12.1 Å². The largest absolute Gasteiger partial charge is 0.495 e. The standard InChI is InChI=1S/C26H25N5O4S/c1-16-13-20(17(2)30(16)22-14-18(31(32)33)9-10-23(22)34-3)25-24(21-8-4-5-11-27-21)28-26(36)29(25)15-19-7-6-12-35-19/h4-14,24-25H,15H2,1-3H3,(H,28,36)/t24-,25-/m0/s1. The normalized spacial score (nSPS) is 17.3. The summed E-state index contributed by atoms with van der Waals surface area (Å²) in [5.74, 6) is 1.34. The molecule has 3 aromatic heterocycles. The van der Waals surface area contributed by atoms with E-state index in [0.29, 0.717) is 23.1 Å². The summed E-state index contributed by atoms with van der Waals surface area (Å²) in [4.78, 5) is 17.8. The zero-order valence-corrected chi connectivity index (χ0v) is 20.9. The Labute approximate surface area is 213 Å². The lowest BCUT2D eigenvalue weighted by Gasteiger charge is -2.27. The van der Waals surface area contributed by atoms with Gasteiger partial charge >= 0.3 is 0 Å². The molecule has 0 saturated carbocycles. The highest BCUT2D eigenvalue weighted by Gasteiger charge is 2.41. The number of hydrogen-bond donors (Lipinski definition) is 1. The molecule has 1 N–H and O–H groups in total. The first kappa shape index (κ1) is 23.6. The van der Waals surface area contributed by atoms with Crippen molar-refractivity contribution in [3.63, 3.8) is 0 Å². The fourth-order valence-corrected chi connectivity index (χ4v) is 5.21. The van der Waals surface area contributed by atoms with E-state index in [2.05, 4.69) is 21.3 Å². The lowest BCUT2D eigenvalue weighted by molar-refractivity contribution is -0.384. The maximum absolute atomic E-state index is 11.5. The molecule has 1 aromatic carbocycles. The maximum atomic E-state index is 11.5. The van der Waals surface area contributed by atoms with E-state index in [9.17, 15) is 10.1 Å². The molecule has 4 aromatic rings. The number of pyridine rings is 1. The molecule has 9 nitrogen and oxygen atoms in total. The van der Waals surface area contributed by atoms with E-state index in [4.69, 9.17) is 21.4 Å². The minimum atomic E-state index is -0.403. The van der Waals surface area contributed by atoms with Crippen LogP contribution in [0.3, 0.4) is 0 Å². The van der Waals surface area contributed by atoms with Gasteiger partial charge in [-0.3, -0.25) is 15.1 Å². The Bertz CT molecular complexity index is 1420. The van der Waals surface area contributed by atoms with Crippen molar-refractivity contribution in [3.8, 4) is 11.4 Å². The number of thiocarbonyl (C=S) groups is 1. The van der Waals surface area contributed by atoms with Gasteiger partial charge in [0.1, 0.15) is 11.5 Å². The van der Waals surface area contributed by atoms with Crippen molar-refractivity contribution in [3.05, 3.63) is 106 Å². The number of furan rings is 1. The van der Waals surface area contributed by atoms with E-state index in [-0.39, 0.29) is 17.8 Å². The number of aryl methyl sites for hydroxylation is 1. The summed E-state index contributed by atoms with van der Waals surface area (Å²) in [6, 6.07) is 15.9. The Morgan fingerprint density at radius 3 is 2.69 bits per heavy atom. The molecule has 0 spiro atoms. The molecule has 0 aliphatic carbocycles. The summed E-state index contributed by atoms with van der Waals surface area (Å²) in [6.45, 7) is 4.46. The monoisotopic (exact) mass is 503 g/mol. The average Bonchev–Trinajstić information content (AvgIpc) is 3.58. The molecule has 1 fully saturated rings. The number of nitrogens with one attached hydrogen (secondary N) is 1. The molecule has 0 bridgehead atoms. The number of hydrogen-bond acceptors (Lipinski definition) is 6. The van der Waals surface area contributed by atoms with Crippen LogP contribution in [0.4, 0.5) is 5.69 Å². The van der Waals surface area contributed by atoms with Gasteiger partial charge in [0.2, 0.25) is 0 Å². The molecule has 0 unspecified atom stereocenters. The molecule has 0 amide bonds. The predicted molar refractivity (Wildman–Crippen MR) is 138 cm³/mol. The third kappa shape index (κ3) is 4.09. The highest BCUT2D eigenvalue weighted by atomic mass is 32.1. The minimum Gasteiger partial charge on any atom is -0.495 e. The van der Waals surface area contributed by atoms with Crippen molar-refractivity contribution in [2.75, 3.05) is 7.11 Å². The van der Waals surface area contributed by atoms with Gasteiger partial charge in [0, 0.05) is 29.7 Å². The molecule has 184 valence electrons. The van der Waals surface area contributed by atoms with E-state index in [0.717, 1.165) is 28.4 Å². The summed E-state index contributed by atoms with van der Waals surface area (Å²) < 4.78 is 13.2. The van der Waals surface area contributed by atoms with Crippen molar-refractivity contribution >= 4 is 23.0 Å². The van der Waals surface area contributed by atoms with Crippen LogP contribution in [0.2, 0.25) is 0 Å². The number of nitrogens with zero attached hydrogens (tertiary/aromatic N) is 4. The first-order valence-electron chi connectivity index (χ1n) is 11.4. The van der Waals surface area contributed by atoms with Gasteiger partial charge in [-0.05, 0) is 68.0 Å². The summed E-state index contributed by atoms with van der Waals surface area (Å²) >= 11 is 5.77. The van der Waals surface area contributed by atoms with Crippen LogP contribution in [0.1, 0.15) is 40.5 Å². The SMILES string of the molecule is COc1ccc([N+](=O)[O-])cc1-n1c(C)cc([C@H]2[C@H](c3ccccn3)NC(=S)N2Cc2ccco2)c1C. The van der Waals surface area contributed by atoms with Crippen LogP contribution in [0.15, 0.2) is 71.5 Å². The van der Waals surface area contributed by atoms with Crippen LogP contribution >= 0.6 is 12.2 Å². The number of nitro benzene ring substituents is 1. The number of methoxy groups -OCH3 is 1. The molecule has 1 saturated heterocycles. The number of aromatic nitrogens is 2. The highest BCUT2D eigenvalue weighted by molar-refractivity contribution is 7.80. The van der Waals surface area contributed by atoms with Crippen LogP contribution in [-0.4, -0.2) is 31.6 Å². The fourth-order valence-electron chi connectivity index (χ4n) is 4.91. The minimum absolute atomic E-state index is 0.00521. The van der Waals surface area contributed by atoms with Crippen molar-refractivity contribution in [1.29, 1.82) is 0 Å². The zero-order valence-electron chi connectivity index (χ0n) is 20.0. The van der Waals surface area contributed by atoms with E-state index < -0.39 is 4.92 Å². The maximum Gasteiger partial charge on any atom is 0.271 e. The van der Waals surface area contributed by atoms with E-state index in [1.807, 2.05) is 48.7 Å². The smallest absolute Gasteiger partial charge is 0.271 e. The summed E-state index contributed by atoms with van der Waals surface area (Å²) in [7, 11) is 1.56. The topological polar surface area (TPSA) is 98.6 Å².